The molecule has 4 rings (SSSR count). The Kier molecular flexibility index (Phi) is 5.30. The zero-order valence-electron chi connectivity index (χ0n) is 16.3. The van der Waals surface area contributed by atoms with Gasteiger partial charge in [0.15, 0.2) is 0 Å². The van der Waals surface area contributed by atoms with Crippen LogP contribution in [-0.2, 0) is 16.1 Å². The molecule has 1 amide bonds. The number of nitriles is 1. The Balaban J connectivity index is 1.62. The van der Waals surface area contributed by atoms with Crippen LogP contribution in [0.15, 0.2) is 21.2 Å². The average Bonchev–Trinajstić information content (AvgIpc) is 3.64. The van der Waals surface area contributed by atoms with Gasteiger partial charge in [0.1, 0.15) is 23.2 Å². The molecule has 0 saturated heterocycles. The molecule has 2 aromatic heterocycles. The van der Waals surface area contributed by atoms with E-state index in [1.807, 2.05) is 5.38 Å². The van der Waals surface area contributed by atoms with Gasteiger partial charge in [-0.05, 0) is 49.5 Å². The van der Waals surface area contributed by atoms with E-state index in [1.165, 1.54) is 22.1 Å². The van der Waals surface area contributed by atoms with Crippen molar-refractivity contribution in [3.8, 4) is 6.07 Å². The molecule has 0 bridgehead atoms. The lowest BCUT2D eigenvalue weighted by Crippen LogP contribution is -2.43. The number of ether oxygens (including phenoxy) is 1. The van der Waals surface area contributed by atoms with Gasteiger partial charge >= 0.3 is 11.7 Å². The molecule has 0 spiro atoms. The van der Waals surface area contributed by atoms with Gasteiger partial charge in [-0.3, -0.25) is 14.2 Å². The number of aromatic nitrogens is 2. The number of nitrogens with one attached hydrogen (secondary N) is 1. The first-order chi connectivity index (χ1) is 14.4. The average molecular weight is 428 g/mol. The number of hydrogen-bond donors (Lipinski definition) is 1. The molecule has 10 heteroatoms. The van der Waals surface area contributed by atoms with Gasteiger partial charge in [-0.25, -0.2) is 14.2 Å². The Bertz CT molecular complexity index is 1180. The molecule has 1 N–H and O–H groups in total. The molecule has 9 nitrogen and oxygen atoms in total. The van der Waals surface area contributed by atoms with Crippen LogP contribution in [0.2, 0.25) is 0 Å². The van der Waals surface area contributed by atoms with Crippen LogP contribution in [0.1, 0.15) is 66.1 Å². The molecule has 2 fully saturated rings. The van der Waals surface area contributed by atoms with Crippen molar-refractivity contribution >= 4 is 28.2 Å². The molecule has 30 heavy (non-hydrogen) atoms. The summed E-state index contributed by atoms with van der Waals surface area (Å²) in [6.07, 6.45) is 4.80. The molecule has 0 radical (unpaired) electrons. The molecule has 0 aliphatic heterocycles. The van der Waals surface area contributed by atoms with E-state index in [9.17, 15) is 24.4 Å². The highest BCUT2D eigenvalue weighted by Gasteiger charge is 2.32. The highest BCUT2D eigenvalue weighted by Crippen LogP contribution is 2.46. The molecule has 0 unspecified atom stereocenters. The van der Waals surface area contributed by atoms with E-state index in [4.69, 9.17) is 4.74 Å². The quantitative estimate of drug-likeness (QED) is 0.673. The van der Waals surface area contributed by atoms with Crippen molar-refractivity contribution in [2.24, 2.45) is 0 Å². The highest BCUT2D eigenvalue weighted by molar-refractivity contribution is 7.15. The topological polar surface area (TPSA) is 123 Å². The van der Waals surface area contributed by atoms with Gasteiger partial charge in [0.25, 0.3) is 5.56 Å². The van der Waals surface area contributed by atoms with Crippen LogP contribution in [0.5, 0.6) is 0 Å². The zero-order chi connectivity index (χ0) is 21.4. The molecule has 0 aromatic carbocycles. The second-order valence-electron chi connectivity index (χ2n) is 7.40. The maximum Gasteiger partial charge on any atom is 0.341 e. The number of hydrogen-bond acceptors (Lipinski definition) is 7. The molecular weight excluding hydrogens is 408 g/mol. The minimum absolute atomic E-state index is 0.0478. The van der Waals surface area contributed by atoms with Crippen LogP contribution in [0.4, 0.5) is 5.00 Å². The standard InChI is InChI=1S/C20H20N4O5S/c1-2-29-19(27)16-14(11-3-4-11)10-30-17(16)22-15(25)9-24-18(26)12(7-21)8-23(20(24)28)13-5-6-13/h8,10-11,13H,2-6,9H2,1H3,(H,22,25). The third-order valence-electron chi connectivity index (χ3n) is 5.13. The fourth-order valence-electron chi connectivity index (χ4n) is 3.33. The van der Waals surface area contributed by atoms with Crippen molar-refractivity contribution in [2.75, 3.05) is 11.9 Å². The fraction of sp³-hybridized carbons (Fsp3) is 0.450. The predicted octanol–water partition coefficient (Wildman–Crippen LogP) is 1.97. The number of carbonyl (C=O) groups is 2. The first-order valence-corrected chi connectivity index (χ1v) is 10.7. The lowest BCUT2D eigenvalue weighted by molar-refractivity contribution is -0.116. The Hall–Kier alpha value is -3.19. The molecule has 2 heterocycles. The number of nitrogens with zero attached hydrogens (tertiary/aromatic N) is 3. The maximum atomic E-state index is 12.7. The Morgan fingerprint density at radius 2 is 2.03 bits per heavy atom. The van der Waals surface area contributed by atoms with E-state index in [2.05, 4.69) is 5.32 Å². The van der Waals surface area contributed by atoms with Gasteiger partial charge in [0, 0.05) is 12.2 Å². The first-order valence-electron chi connectivity index (χ1n) is 9.79. The molecular formula is C20H20N4O5S. The lowest BCUT2D eigenvalue weighted by Gasteiger charge is -2.11. The molecule has 156 valence electrons. The summed E-state index contributed by atoms with van der Waals surface area (Å²) in [5.41, 5.74) is -0.412. The highest BCUT2D eigenvalue weighted by atomic mass is 32.1. The zero-order valence-corrected chi connectivity index (χ0v) is 17.2. The van der Waals surface area contributed by atoms with Crippen LogP contribution in [0, 0.1) is 11.3 Å². The van der Waals surface area contributed by atoms with E-state index < -0.39 is 29.7 Å². The van der Waals surface area contributed by atoms with Gasteiger partial charge in [-0.2, -0.15) is 5.26 Å². The van der Waals surface area contributed by atoms with Gasteiger partial charge in [0.05, 0.1) is 12.2 Å². The van der Waals surface area contributed by atoms with Crippen molar-refractivity contribution in [1.82, 2.24) is 9.13 Å². The fourth-order valence-corrected chi connectivity index (χ4v) is 4.38. The molecule has 2 aromatic rings. The summed E-state index contributed by atoms with van der Waals surface area (Å²) >= 11 is 1.22. The summed E-state index contributed by atoms with van der Waals surface area (Å²) in [5, 5.41) is 14.0. The third kappa shape index (κ3) is 3.80. The summed E-state index contributed by atoms with van der Waals surface area (Å²) in [5.74, 6) is -0.843. The number of thiophene rings is 1. The number of carbonyl (C=O) groups excluding carboxylic acids is 2. The molecule has 0 atom stereocenters. The van der Waals surface area contributed by atoms with Gasteiger partial charge in [0.2, 0.25) is 5.91 Å². The van der Waals surface area contributed by atoms with Crippen molar-refractivity contribution in [3.63, 3.8) is 0 Å². The van der Waals surface area contributed by atoms with E-state index in [1.54, 1.807) is 13.0 Å². The van der Waals surface area contributed by atoms with E-state index >= 15 is 0 Å². The minimum atomic E-state index is -0.801. The van der Waals surface area contributed by atoms with Crippen molar-refractivity contribution in [2.45, 2.75) is 51.1 Å². The maximum absolute atomic E-state index is 12.7. The molecule has 2 aliphatic rings. The van der Waals surface area contributed by atoms with E-state index in [0.717, 1.165) is 35.8 Å². The number of esters is 1. The second-order valence-corrected chi connectivity index (χ2v) is 8.28. The summed E-state index contributed by atoms with van der Waals surface area (Å²) in [4.78, 5) is 50.2. The Morgan fingerprint density at radius 3 is 2.63 bits per heavy atom. The SMILES string of the molecule is CCOC(=O)c1c(C2CC2)csc1NC(=O)Cn1c(=O)c(C#N)cn(C2CC2)c1=O. The number of amides is 1. The largest absolute Gasteiger partial charge is 0.462 e. The van der Waals surface area contributed by atoms with Gasteiger partial charge < -0.3 is 10.1 Å². The van der Waals surface area contributed by atoms with Gasteiger partial charge in [-0.15, -0.1) is 11.3 Å². The van der Waals surface area contributed by atoms with Crippen LogP contribution in [0.3, 0.4) is 0 Å². The first kappa shape index (κ1) is 20.1. The molecule has 2 aliphatic carbocycles. The number of rotatable bonds is 7. The molecule has 2 saturated carbocycles. The van der Waals surface area contributed by atoms with E-state index in [-0.39, 0.29) is 24.1 Å². The lowest BCUT2D eigenvalue weighted by atomic mass is 10.1. The Labute approximate surface area is 175 Å². The van der Waals surface area contributed by atoms with Crippen LogP contribution in [0.25, 0.3) is 0 Å². The monoisotopic (exact) mass is 428 g/mol. The van der Waals surface area contributed by atoms with Gasteiger partial charge in [-0.1, -0.05) is 0 Å². The summed E-state index contributed by atoms with van der Waals surface area (Å²) in [6.45, 7) is 1.38. The second kappa shape index (κ2) is 7.91. The summed E-state index contributed by atoms with van der Waals surface area (Å²) in [7, 11) is 0. The van der Waals surface area contributed by atoms with Crippen molar-refractivity contribution in [3.05, 3.63) is 49.1 Å². The summed E-state index contributed by atoms with van der Waals surface area (Å²) < 4.78 is 7.25. The predicted molar refractivity (Wildman–Crippen MR) is 109 cm³/mol. The van der Waals surface area contributed by atoms with Crippen molar-refractivity contribution < 1.29 is 14.3 Å². The smallest absolute Gasteiger partial charge is 0.341 e. The van der Waals surface area contributed by atoms with Crippen LogP contribution in [-0.4, -0.2) is 27.6 Å². The number of anilines is 1. The Morgan fingerprint density at radius 1 is 1.30 bits per heavy atom. The minimum Gasteiger partial charge on any atom is -0.462 e. The van der Waals surface area contributed by atoms with Crippen molar-refractivity contribution in [1.29, 1.82) is 5.26 Å². The van der Waals surface area contributed by atoms with E-state index in [0.29, 0.717) is 10.6 Å². The summed E-state index contributed by atoms with van der Waals surface area (Å²) in [6, 6.07) is 1.74. The van der Waals surface area contributed by atoms with Crippen LogP contribution < -0.4 is 16.6 Å². The normalized spacial score (nSPS) is 15.5. The third-order valence-corrected chi connectivity index (χ3v) is 6.04. The van der Waals surface area contributed by atoms with Crippen LogP contribution >= 0.6 is 11.3 Å².